The molecule has 4 heteroatoms. The quantitative estimate of drug-likeness (QED) is 0.193. The predicted molar refractivity (Wildman–Crippen MR) is 185 cm³/mol. The summed E-state index contributed by atoms with van der Waals surface area (Å²) in [5.41, 5.74) is 10.1. The molecule has 0 aliphatic heterocycles. The molecular weight excluding hydrogens is 552 g/mol. The van der Waals surface area contributed by atoms with E-state index in [0.29, 0.717) is 0 Å². The van der Waals surface area contributed by atoms with Crippen LogP contribution in [0.4, 0.5) is 0 Å². The molecule has 0 bridgehead atoms. The summed E-state index contributed by atoms with van der Waals surface area (Å²) in [6.45, 7) is 0. The Morgan fingerprint density at radius 3 is 2.11 bits per heavy atom. The highest BCUT2D eigenvalue weighted by atomic mass is 16.3. The Kier molecular flexibility index (Phi) is 4.29. The molecule has 45 heavy (non-hydrogen) atoms. The van der Waals surface area contributed by atoms with Gasteiger partial charge in [-0.3, -0.25) is 4.98 Å². The number of pyridine rings is 1. The smallest absolute Gasteiger partial charge is 0.136 e. The molecule has 0 unspecified atom stereocenters. The van der Waals surface area contributed by atoms with E-state index >= 15 is 0 Å². The zero-order chi connectivity index (χ0) is 29.2. The van der Waals surface area contributed by atoms with Crippen molar-refractivity contribution in [1.82, 2.24) is 9.55 Å². The highest BCUT2D eigenvalue weighted by molar-refractivity contribution is 6.35. The lowest BCUT2D eigenvalue weighted by Crippen LogP contribution is -1.98. The van der Waals surface area contributed by atoms with E-state index in [0.717, 1.165) is 66.3 Å². The average Bonchev–Trinajstić information content (AvgIpc) is 3.76. The molecule has 0 aliphatic rings. The first-order chi connectivity index (χ1) is 22.3. The summed E-state index contributed by atoms with van der Waals surface area (Å²) in [4.78, 5) is 4.88. The molecule has 7 aromatic carbocycles. The minimum absolute atomic E-state index is 0.871. The molecule has 0 N–H and O–H groups in total. The summed E-state index contributed by atoms with van der Waals surface area (Å²) in [6.07, 6.45) is 1.87. The molecule has 0 saturated heterocycles. The average molecular weight is 575 g/mol. The van der Waals surface area contributed by atoms with Gasteiger partial charge in [-0.25, -0.2) is 0 Å². The van der Waals surface area contributed by atoms with Crippen LogP contribution >= 0.6 is 0 Å². The molecule has 0 amide bonds. The van der Waals surface area contributed by atoms with Crippen LogP contribution in [-0.4, -0.2) is 9.55 Å². The first-order valence-corrected chi connectivity index (χ1v) is 15.2. The number of hydrogen-bond donors (Lipinski definition) is 0. The van der Waals surface area contributed by atoms with E-state index in [9.17, 15) is 0 Å². The van der Waals surface area contributed by atoms with Crippen LogP contribution < -0.4 is 0 Å². The third-order valence-corrected chi connectivity index (χ3v) is 9.60. The first-order valence-electron chi connectivity index (χ1n) is 15.2. The Morgan fingerprint density at radius 1 is 0.422 bits per heavy atom. The van der Waals surface area contributed by atoms with Crippen LogP contribution in [0.25, 0.3) is 104 Å². The van der Waals surface area contributed by atoms with E-state index < -0.39 is 0 Å². The lowest BCUT2D eigenvalue weighted by atomic mass is 9.89. The first kappa shape index (κ1) is 23.3. The molecule has 0 aliphatic carbocycles. The van der Waals surface area contributed by atoms with Gasteiger partial charge >= 0.3 is 0 Å². The fraction of sp³-hybridized carbons (Fsp3) is 0. The van der Waals surface area contributed by atoms with Gasteiger partial charge in [0.2, 0.25) is 0 Å². The van der Waals surface area contributed by atoms with Gasteiger partial charge < -0.3 is 13.4 Å². The van der Waals surface area contributed by atoms with Gasteiger partial charge in [-0.05, 0) is 76.3 Å². The molecule has 0 atom stereocenters. The van der Waals surface area contributed by atoms with Crippen LogP contribution in [0.1, 0.15) is 0 Å². The molecular formula is C41H22N2O2. The molecule has 4 aromatic heterocycles. The highest BCUT2D eigenvalue weighted by Crippen LogP contribution is 2.47. The summed E-state index contributed by atoms with van der Waals surface area (Å²) in [5, 5.41) is 10.6. The van der Waals surface area contributed by atoms with Gasteiger partial charge in [0.1, 0.15) is 22.3 Å². The van der Waals surface area contributed by atoms with Gasteiger partial charge in [0.25, 0.3) is 0 Å². The molecule has 208 valence electrons. The second-order valence-corrected chi connectivity index (χ2v) is 11.9. The molecule has 0 radical (unpaired) electrons. The fourth-order valence-corrected chi connectivity index (χ4v) is 7.78. The number of hydrogen-bond acceptors (Lipinski definition) is 3. The Bertz CT molecular complexity index is 2990. The molecule has 4 nitrogen and oxygen atoms in total. The van der Waals surface area contributed by atoms with Gasteiger partial charge in [-0.2, -0.15) is 0 Å². The van der Waals surface area contributed by atoms with Crippen molar-refractivity contribution in [2.45, 2.75) is 0 Å². The third-order valence-electron chi connectivity index (χ3n) is 9.60. The highest BCUT2D eigenvalue weighted by Gasteiger charge is 2.23. The second-order valence-electron chi connectivity index (χ2n) is 11.9. The summed E-state index contributed by atoms with van der Waals surface area (Å²) in [6, 6.07) is 45.1. The van der Waals surface area contributed by atoms with E-state index in [1.807, 2.05) is 24.4 Å². The number of benzene rings is 7. The number of fused-ring (bicyclic) bond motifs is 9. The third kappa shape index (κ3) is 2.93. The van der Waals surface area contributed by atoms with Gasteiger partial charge in [-0.15, -0.1) is 0 Å². The second kappa shape index (κ2) is 8.28. The summed E-state index contributed by atoms with van der Waals surface area (Å²) < 4.78 is 15.1. The van der Waals surface area contributed by atoms with Crippen LogP contribution in [0.5, 0.6) is 0 Å². The lowest BCUT2D eigenvalue weighted by molar-refractivity contribution is 0.669. The molecule has 0 fully saturated rings. The lowest BCUT2D eigenvalue weighted by Gasteiger charge is -2.17. The molecule has 11 rings (SSSR count). The van der Waals surface area contributed by atoms with Gasteiger partial charge in [0, 0.05) is 44.1 Å². The number of furan rings is 2. The molecule has 11 aromatic rings. The Hall–Kier alpha value is -6.13. The van der Waals surface area contributed by atoms with E-state index in [4.69, 9.17) is 13.8 Å². The van der Waals surface area contributed by atoms with Gasteiger partial charge in [-0.1, -0.05) is 72.8 Å². The van der Waals surface area contributed by atoms with E-state index in [-0.39, 0.29) is 0 Å². The summed E-state index contributed by atoms with van der Waals surface area (Å²) in [7, 11) is 0. The summed E-state index contributed by atoms with van der Waals surface area (Å²) in [5.74, 6) is 0. The van der Waals surface area contributed by atoms with Crippen LogP contribution in [0.15, 0.2) is 142 Å². The zero-order valence-corrected chi connectivity index (χ0v) is 23.9. The molecule has 0 spiro atoms. The van der Waals surface area contributed by atoms with Crippen molar-refractivity contribution in [2.75, 3.05) is 0 Å². The predicted octanol–water partition coefficient (Wildman–Crippen LogP) is 11.4. The van der Waals surface area contributed by atoms with E-state index in [2.05, 4.69) is 114 Å². The van der Waals surface area contributed by atoms with Crippen molar-refractivity contribution in [3.8, 4) is 16.8 Å². The van der Waals surface area contributed by atoms with Gasteiger partial charge in [0.15, 0.2) is 0 Å². The zero-order valence-electron chi connectivity index (χ0n) is 23.9. The van der Waals surface area contributed by atoms with E-state index in [1.54, 1.807) is 0 Å². The minimum atomic E-state index is 0.871. The van der Waals surface area contributed by atoms with Crippen molar-refractivity contribution >= 4 is 87.4 Å². The van der Waals surface area contributed by atoms with Crippen molar-refractivity contribution in [3.05, 3.63) is 134 Å². The standard InChI is InChI=1S/C41H22N2O2/c1-2-12-26-23(9-1)27-13-7-17-35-39(27)40-36(45-35)19-18-28(38(26)40)24-10-3-5-14-31(24)43-32-15-8-20-42-41(32)30-22-37-29(21-33(30)43)25-11-4-6-16-34(25)44-37/h1-22H. The number of para-hydroxylation sites is 2. The Morgan fingerprint density at radius 2 is 1.16 bits per heavy atom. The van der Waals surface area contributed by atoms with E-state index in [1.165, 1.54) is 37.9 Å². The van der Waals surface area contributed by atoms with Crippen LogP contribution in [0.2, 0.25) is 0 Å². The minimum Gasteiger partial charge on any atom is -0.456 e. The SMILES string of the molecule is c1ccc(-n2c3cc4c(cc3c3ncccc32)oc2ccccc24)c(-c2ccc3oc4cccc5c6ccccc6c2c3c45)c1. The number of rotatable bonds is 2. The Balaban J connectivity index is 1.30. The summed E-state index contributed by atoms with van der Waals surface area (Å²) >= 11 is 0. The van der Waals surface area contributed by atoms with Crippen LogP contribution in [0.3, 0.4) is 0 Å². The molecule has 4 heterocycles. The maximum absolute atomic E-state index is 6.44. The topological polar surface area (TPSA) is 44.1 Å². The van der Waals surface area contributed by atoms with Crippen molar-refractivity contribution < 1.29 is 8.83 Å². The molecule has 0 saturated carbocycles. The van der Waals surface area contributed by atoms with Gasteiger partial charge in [0.05, 0.1) is 22.2 Å². The number of aromatic nitrogens is 2. The van der Waals surface area contributed by atoms with Crippen molar-refractivity contribution in [1.29, 1.82) is 0 Å². The maximum Gasteiger partial charge on any atom is 0.136 e. The number of nitrogens with zero attached hydrogens (tertiary/aromatic N) is 2. The maximum atomic E-state index is 6.44. The normalized spacial score (nSPS) is 12.4. The largest absolute Gasteiger partial charge is 0.456 e. The fourth-order valence-electron chi connectivity index (χ4n) is 7.78. The van der Waals surface area contributed by atoms with Crippen molar-refractivity contribution in [3.63, 3.8) is 0 Å². The monoisotopic (exact) mass is 574 g/mol. The van der Waals surface area contributed by atoms with Crippen LogP contribution in [0, 0.1) is 0 Å². The Labute approximate surface area is 255 Å². The van der Waals surface area contributed by atoms with Crippen LogP contribution in [-0.2, 0) is 0 Å². The van der Waals surface area contributed by atoms with Crippen molar-refractivity contribution in [2.24, 2.45) is 0 Å².